The van der Waals surface area contributed by atoms with Crippen LogP contribution >= 0.6 is 0 Å². The van der Waals surface area contributed by atoms with Gasteiger partial charge in [0.25, 0.3) is 0 Å². The van der Waals surface area contributed by atoms with E-state index in [4.69, 9.17) is 0 Å². The minimum Gasteiger partial charge on any atom is -0.314 e. The van der Waals surface area contributed by atoms with Gasteiger partial charge in [0.05, 0.1) is 0 Å². The van der Waals surface area contributed by atoms with Gasteiger partial charge in [-0.05, 0) is 31.1 Å². The Morgan fingerprint density at radius 3 is 2.94 bits per heavy atom. The minimum atomic E-state index is 0.705. The number of nitrogens with one attached hydrogen (secondary N) is 2. The second kappa shape index (κ2) is 6.88. The molecule has 1 fully saturated rings. The fourth-order valence-electron chi connectivity index (χ4n) is 2.95. The molecule has 2 unspecified atom stereocenters. The second-order valence-electron chi connectivity index (χ2n) is 5.85. The largest absolute Gasteiger partial charge is 0.314 e. The smallest absolute Gasteiger partial charge is 0.137 e. The maximum atomic E-state index is 4.15. The molecule has 4 heteroatoms. The fraction of sp³-hybridized carbons (Fsp3) is 0.857. The van der Waals surface area contributed by atoms with Crippen molar-refractivity contribution in [3.63, 3.8) is 0 Å². The molecular formula is C14H26N4. The molecule has 0 aliphatic heterocycles. The molecule has 102 valence electrons. The fourth-order valence-corrected chi connectivity index (χ4v) is 2.95. The van der Waals surface area contributed by atoms with Gasteiger partial charge < -0.3 is 5.32 Å². The van der Waals surface area contributed by atoms with Gasteiger partial charge in [0, 0.05) is 19.0 Å². The molecule has 0 radical (unpaired) electrons. The third kappa shape index (κ3) is 4.09. The Morgan fingerprint density at radius 1 is 1.33 bits per heavy atom. The van der Waals surface area contributed by atoms with Gasteiger partial charge in [-0.15, -0.1) is 0 Å². The standard InChI is InChI=1S/C14H26N4/c1-11(2)12-4-3-5-13(7-6-12)15-9-8-14-16-10-17-18-14/h10-13,15H,3-9H2,1-2H3,(H,16,17,18). The van der Waals surface area contributed by atoms with Crippen molar-refractivity contribution in [2.24, 2.45) is 11.8 Å². The van der Waals surface area contributed by atoms with E-state index in [2.05, 4.69) is 34.3 Å². The van der Waals surface area contributed by atoms with Crippen LogP contribution in [0.15, 0.2) is 6.33 Å². The highest BCUT2D eigenvalue weighted by Crippen LogP contribution is 2.28. The van der Waals surface area contributed by atoms with Crippen molar-refractivity contribution < 1.29 is 0 Å². The third-order valence-electron chi connectivity index (χ3n) is 4.22. The normalized spacial score (nSPS) is 25.3. The number of nitrogens with zero attached hydrogens (tertiary/aromatic N) is 2. The van der Waals surface area contributed by atoms with E-state index in [0.717, 1.165) is 30.6 Å². The lowest BCUT2D eigenvalue weighted by Gasteiger charge is -2.19. The third-order valence-corrected chi connectivity index (χ3v) is 4.22. The molecule has 1 saturated carbocycles. The predicted octanol–water partition coefficient (Wildman–Crippen LogP) is 2.54. The van der Waals surface area contributed by atoms with Crippen LogP contribution in [0.1, 0.15) is 51.8 Å². The monoisotopic (exact) mass is 250 g/mol. The van der Waals surface area contributed by atoms with E-state index in [9.17, 15) is 0 Å². The quantitative estimate of drug-likeness (QED) is 0.790. The summed E-state index contributed by atoms with van der Waals surface area (Å²) in [6.45, 7) is 5.73. The average molecular weight is 250 g/mol. The zero-order chi connectivity index (χ0) is 12.8. The molecule has 0 amide bonds. The van der Waals surface area contributed by atoms with Gasteiger partial charge in [0.2, 0.25) is 0 Å². The molecule has 0 bridgehead atoms. The maximum absolute atomic E-state index is 4.15. The van der Waals surface area contributed by atoms with Gasteiger partial charge in [-0.2, -0.15) is 5.10 Å². The molecule has 2 atom stereocenters. The van der Waals surface area contributed by atoms with Crippen LogP contribution in [0.2, 0.25) is 0 Å². The average Bonchev–Trinajstić information content (AvgIpc) is 2.73. The van der Waals surface area contributed by atoms with Crippen LogP contribution in [0.4, 0.5) is 0 Å². The van der Waals surface area contributed by atoms with Gasteiger partial charge in [-0.25, -0.2) is 4.98 Å². The molecule has 2 rings (SSSR count). The van der Waals surface area contributed by atoms with E-state index >= 15 is 0 Å². The summed E-state index contributed by atoms with van der Waals surface area (Å²) in [5, 5.41) is 10.4. The minimum absolute atomic E-state index is 0.705. The number of hydrogen-bond donors (Lipinski definition) is 2. The van der Waals surface area contributed by atoms with Gasteiger partial charge in [0.15, 0.2) is 0 Å². The molecular weight excluding hydrogens is 224 g/mol. The topological polar surface area (TPSA) is 53.6 Å². The summed E-state index contributed by atoms with van der Waals surface area (Å²) in [7, 11) is 0. The van der Waals surface area contributed by atoms with E-state index in [1.807, 2.05) is 0 Å². The summed E-state index contributed by atoms with van der Waals surface area (Å²) in [4.78, 5) is 4.15. The Kier molecular flexibility index (Phi) is 5.17. The first-order chi connectivity index (χ1) is 8.75. The first kappa shape index (κ1) is 13.5. The van der Waals surface area contributed by atoms with Crippen LogP contribution in [0, 0.1) is 11.8 Å². The molecule has 2 N–H and O–H groups in total. The van der Waals surface area contributed by atoms with E-state index in [0.29, 0.717) is 6.04 Å². The lowest BCUT2D eigenvalue weighted by atomic mass is 9.89. The molecule has 18 heavy (non-hydrogen) atoms. The van der Waals surface area contributed by atoms with Crippen molar-refractivity contribution in [1.29, 1.82) is 0 Å². The number of rotatable bonds is 5. The molecule has 4 nitrogen and oxygen atoms in total. The molecule has 1 heterocycles. The molecule has 0 spiro atoms. The van der Waals surface area contributed by atoms with Gasteiger partial charge >= 0.3 is 0 Å². The van der Waals surface area contributed by atoms with E-state index in [1.165, 1.54) is 32.1 Å². The Bertz CT molecular complexity index is 321. The molecule has 1 aromatic rings. The van der Waals surface area contributed by atoms with Crippen LogP contribution in [0.3, 0.4) is 0 Å². The molecule has 0 aromatic carbocycles. The number of hydrogen-bond acceptors (Lipinski definition) is 3. The highest BCUT2D eigenvalue weighted by atomic mass is 15.2. The van der Waals surface area contributed by atoms with Crippen molar-refractivity contribution in [3.05, 3.63) is 12.2 Å². The van der Waals surface area contributed by atoms with E-state index in [-0.39, 0.29) is 0 Å². The number of aromatic amines is 1. The summed E-state index contributed by atoms with van der Waals surface area (Å²) >= 11 is 0. The number of H-pyrrole nitrogens is 1. The molecule has 1 aliphatic rings. The van der Waals surface area contributed by atoms with Crippen molar-refractivity contribution in [2.45, 2.75) is 58.4 Å². The van der Waals surface area contributed by atoms with Crippen molar-refractivity contribution in [2.75, 3.05) is 6.54 Å². The van der Waals surface area contributed by atoms with Gasteiger partial charge in [0.1, 0.15) is 12.2 Å². The summed E-state index contributed by atoms with van der Waals surface area (Å²) in [5.74, 6) is 2.76. The first-order valence-electron chi connectivity index (χ1n) is 7.33. The highest BCUT2D eigenvalue weighted by Gasteiger charge is 2.20. The Hall–Kier alpha value is -0.900. The lowest BCUT2D eigenvalue weighted by Crippen LogP contribution is -2.30. The number of aromatic nitrogens is 3. The second-order valence-corrected chi connectivity index (χ2v) is 5.85. The van der Waals surface area contributed by atoms with E-state index in [1.54, 1.807) is 6.33 Å². The zero-order valence-corrected chi connectivity index (χ0v) is 11.7. The summed E-state index contributed by atoms with van der Waals surface area (Å²) in [6, 6.07) is 0.705. The lowest BCUT2D eigenvalue weighted by molar-refractivity contribution is 0.338. The Labute approximate surface area is 110 Å². The summed E-state index contributed by atoms with van der Waals surface area (Å²) in [5.41, 5.74) is 0. The molecule has 0 saturated heterocycles. The van der Waals surface area contributed by atoms with Crippen LogP contribution in [-0.2, 0) is 6.42 Å². The zero-order valence-electron chi connectivity index (χ0n) is 11.7. The summed E-state index contributed by atoms with van der Waals surface area (Å²) < 4.78 is 0. The summed E-state index contributed by atoms with van der Waals surface area (Å²) in [6.07, 6.45) is 9.37. The SMILES string of the molecule is CC(C)C1CCCC(NCCc2ncn[nH]2)CC1. The predicted molar refractivity (Wildman–Crippen MR) is 73.3 cm³/mol. The molecule has 1 aromatic heterocycles. The van der Waals surface area contributed by atoms with Crippen LogP contribution in [0.25, 0.3) is 0 Å². The van der Waals surface area contributed by atoms with Crippen molar-refractivity contribution >= 4 is 0 Å². The van der Waals surface area contributed by atoms with E-state index < -0.39 is 0 Å². The van der Waals surface area contributed by atoms with Crippen molar-refractivity contribution in [3.8, 4) is 0 Å². The Morgan fingerprint density at radius 2 is 2.22 bits per heavy atom. The highest BCUT2D eigenvalue weighted by molar-refractivity contribution is 4.82. The Balaban J connectivity index is 1.67. The van der Waals surface area contributed by atoms with Crippen LogP contribution in [0.5, 0.6) is 0 Å². The first-order valence-corrected chi connectivity index (χ1v) is 7.33. The van der Waals surface area contributed by atoms with Gasteiger partial charge in [-0.3, -0.25) is 5.10 Å². The van der Waals surface area contributed by atoms with Gasteiger partial charge in [-0.1, -0.05) is 26.7 Å². The molecule has 1 aliphatic carbocycles. The van der Waals surface area contributed by atoms with Crippen molar-refractivity contribution in [1.82, 2.24) is 20.5 Å². The maximum Gasteiger partial charge on any atom is 0.137 e. The van der Waals surface area contributed by atoms with Crippen LogP contribution in [-0.4, -0.2) is 27.8 Å². The van der Waals surface area contributed by atoms with Crippen LogP contribution < -0.4 is 5.32 Å².